The molecular weight excluding hydrogens is 292 g/mol. The Bertz CT molecular complexity index is 671. The second-order valence-electron chi connectivity index (χ2n) is 5.49. The zero-order valence-electron chi connectivity index (χ0n) is 13.5. The van der Waals surface area contributed by atoms with Gasteiger partial charge in [0.25, 0.3) is 0 Å². The van der Waals surface area contributed by atoms with E-state index in [-0.39, 0.29) is 17.5 Å². The Balaban J connectivity index is 1.68. The zero-order chi connectivity index (χ0) is 16.7. The summed E-state index contributed by atoms with van der Waals surface area (Å²) in [5, 5.41) is 12.1. The van der Waals surface area contributed by atoms with Gasteiger partial charge in [0.2, 0.25) is 5.91 Å². The van der Waals surface area contributed by atoms with Crippen LogP contribution in [0.15, 0.2) is 36.5 Å². The van der Waals surface area contributed by atoms with Gasteiger partial charge in [-0.2, -0.15) is 0 Å². The first-order valence-corrected chi connectivity index (χ1v) is 7.70. The summed E-state index contributed by atoms with van der Waals surface area (Å²) >= 11 is 0. The van der Waals surface area contributed by atoms with Gasteiger partial charge in [0.15, 0.2) is 11.6 Å². The van der Waals surface area contributed by atoms with E-state index in [4.69, 9.17) is 4.74 Å². The highest BCUT2D eigenvalue weighted by atomic mass is 16.5. The Labute approximate surface area is 136 Å². The summed E-state index contributed by atoms with van der Waals surface area (Å²) in [6, 6.07) is 9.21. The number of pyridine rings is 1. The average Bonchev–Trinajstić information content (AvgIpc) is 2.52. The number of nitrogens with one attached hydrogen (secondary N) is 1. The first kappa shape index (κ1) is 16.8. The molecule has 1 heterocycles. The third kappa shape index (κ3) is 5.29. The highest BCUT2D eigenvalue weighted by molar-refractivity contribution is 5.90. The van der Waals surface area contributed by atoms with Crippen LogP contribution in [0.1, 0.15) is 30.4 Å². The van der Waals surface area contributed by atoms with Crippen molar-refractivity contribution >= 4 is 11.7 Å². The largest absolute Gasteiger partial charge is 0.504 e. The topological polar surface area (TPSA) is 71.5 Å². The minimum atomic E-state index is -0.161. The molecule has 0 unspecified atom stereocenters. The molecule has 0 bridgehead atoms. The first-order chi connectivity index (χ1) is 11.1. The number of rotatable bonds is 7. The van der Waals surface area contributed by atoms with Gasteiger partial charge in [-0.3, -0.25) is 4.79 Å². The fourth-order valence-corrected chi connectivity index (χ4v) is 2.12. The summed E-state index contributed by atoms with van der Waals surface area (Å²) in [7, 11) is 0. The fourth-order valence-electron chi connectivity index (χ4n) is 2.12. The Hall–Kier alpha value is -2.56. The Kier molecular flexibility index (Phi) is 5.97. The summed E-state index contributed by atoms with van der Waals surface area (Å²) in [5.74, 6) is 0.904. The van der Waals surface area contributed by atoms with E-state index in [2.05, 4.69) is 16.4 Å². The summed E-state index contributed by atoms with van der Waals surface area (Å²) in [6.45, 7) is 4.62. The number of aryl methyl sites for hydroxylation is 2. The quantitative estimate of drug-likeness (QED) is 0.766. The van der Waals surface area contributed by atoms with Gasteiger partial charge in [-0.15, -0.1) is 0 Å². The normalized spacial score (nSPS) is 10.3. The second kappa shape index (κ2) is 8.17. The van der Waals surface area contributed by atoms with Gasteiger partial charge in [-0.1, -0.05) is 12.1 Å². The van der Waals surface area contributed by atoms with Crippen molar-refractivity contribution in [1.29, 1.82) is 0 Å². The molecule has 0 saturated heterocycles. The van der Waals surface area contributed by atoms with Gasteiger partial charge >= 0.3 is 0 Å². The molecule has 5 nitrogen and oxygen atoms in total. The van der Waals surface area contributed by atoms with Crippen molar-refractivity contribution in [1.82, 2.24) is 4.98 Å². The number of aromatic nitrogens is 1. The number of carbonyl (C=O) groups excluding carboxylic acids is 1. The van der Waals surface area contributed by atoms with Crippen molar-refractivity contribution in [3.8, 4) is 11.5 Å². The number of nitrogens with zero attached hydrogens (tertiary/aromatic N) is 1. The van der Waals surface area contributed by atoms with Crippen LogP contribution in [-0.2, 0) is 4.79 Å². The van der Waals surface area contributed by atoms with Gasteiger partial charge in [0.05, 0.1) is 6.61 Å². The third-order valence-electron chi connectivity index (χ3n) is 3.44. The molecule has 122 valence electrons. The zero-order valence-corrected chi connectivity index (χ0v) is 13.5. The van der Waals surface area contributed by atoms with Crippen molar-refractivity contribution in [2.45, 2.75) is 33.1 Å². The molecule has 5 heteroatoms. The molecular formula is C18H22N2O3. The van der Waals surface area contributed by atoms with E-state index in [1.54, 1.807) is 6.07 Å². The second-order valence-corrected chi connectivity index (χ2v) is 5.49. The monoisotopic (exact) mass is 314 g/mol. The molecule has 23 heavy (non-hydrogen) atoms. The number of aromatic hydroxyl groups is 1. The van der Waals surface area contributed by atoms with Crippen molar-refractivity contribution in [3.05, 3.63) is 47.7 Å². The number of hydrogen-bond donors (Lipinski definition) is 2. The van der Waals surface area contributed by atoms with Crippen LogP contribution in [0.2, 0.25) is 0 Å². The molecule has 0 radical (unpaired) electrons. The summed E-state index contributed by atoms with van der Waals surface area (Å²) < 4.78 is 5.75. The van der Waals surface area contributed by atoms with Crippen molar-refractivity contribution < 1.29 is 14.6 Å². The van der Waals surface area contributed by atoms with E-state index in [1.165, 1.54) is 17.8 Å². The summed E-state index contributed by atoms with van der Waals surface area (Å²) in [4.78, 5) is 15.7. The molecule has 0 aliphatic rings. The predicted molar refractivity (Wildman–Crippen MR) is 89.8 cm³/mol. The molecule has 0 atom stereocenters. The lowest BCUT2D eigenvalue weighted by molar-refractivity contribution is -0.116. The SMILES string of the molecule is Cc1ccc(C)c(OCCCCC(=O)Nc2ncccc2O)c1. The van der Waals surface area contributed by atoms with Crippen LogP contribution in [0.25, 0.3) is 0 Å². The van der Waals surface area contributed by atoms with E-state index in [0.717, 1.165) is 17.7 Å². The minimum Gasteiger partial charge on any atom is -0.504 e. The first-order valence-electron chi connectivity index (χ1n) is 7.70. The maximum atomic E-state index is 11.8. The smallest absolute Gasteiger partial charge is 0.225 e. The number of carbonyl (C=O) groups is 1. The highest BCUT2D eigenvalue weighted by Gasteiger charge is 2.07. The molecule has 2 aromatic rings. The number of unbranched alkanes of at least 4 members (excludes halogenated alkanes) is 1. The van der Waals surface area contributed by atoms with E-state index < -0.39 is 0 Å². The van der Waals surface area contributed by atoms with E-state index in [1.807, 2.05) is 26.0 Å². The average molecular weight is 314 g/mol. The summed E-state index contributed by atoms with van der Waals surface area (Å²) in [6.07, 6.45) is 3.39. The predicted octanol–water partition coefficient (Wildman–Crippen LogP) is 3.59. The molecule has 2 rings (SSSR count). The van der Waals surface area contributed by atoms with Crippen molar-refractivity contribution in [2.24, 2.45) is 0 Å². The van der Waals surface area contributed by atoms with Gasteiger partial charge in [-0.05, 0) is 56.0 Å². The van der Waals surface area contributed by atoms with E-state index in [9.17, 15) is 9.90 Å². The lowest BCUT2D eigenvalue weighted by Gasteiger charge is -2.10. The number of amides is 1. The van der Waals surface area contributed by atoms with Gasteiger partial charge < -0.3 is 15.2 Å². The maximum Gasteiger partial charge on any atom is 0.225 e. The standard InChI is InChI=1S/C18H22N2O3/c1-13-8-9-14(2)16(12-13)23-11-4-3-7-17(22)20-18-15(21)6-5-10-19-18/h5-6,8-10,12,21H,3-4,7,11H2,1-2H3,(H,19,20,22). The molecule has 0 saturated carbocycles. The van der Waals surface area contributed by atoms with Gasteiger partial charge in [0, 0.05) is 12.6 Å². The van der Waals surface area contributed by atoms with E-state index in [0.29, 0.717) is 19.4 Å². The van der Waals surface area contributed by atoms with Crippen LogP contribution < -0.4 is 10.1 Å². The fraction of sp³-hybridized carbons (Fsp3) is 0.333. The number of benzene rings is 1. The van der Waals surface area contributed by atoms with Crippen LogP contribution in [0.3, 0.4) is 0 Å². The molecule has 0 spiro atoms. The molecule has 1 aromatic carbocycles. The van der Waals surface area contributed by atoms with Crippen LogP contribution in [-0.4, -0.2) is 22.6 Å². The summed E-state index contributed by atoms with van der Waals surface area (Å²) in [5.41, 5.74) is 2.28. The van der Waals surface area contributed by atoms with Crippen molar-refractivity contribution in [2.75, 3.05) is 11.9 Å². The molecule has 1 aromatic heterocycles. The van der Waals surface area contributed by atoms with Gasteiger partial charge in [-0.25, -0.2) is 4.98 Å². The molecule has 2 N–H and O–H groups in total. The third-order valence-corrected chi connectivity index (χ3v) is 3.44. The Morgan fingerprint density at radius 3 is 2.87 bits per heavy atom. The van der Waals surface area contributed by atoms with Crippen LogP contribution in [0.5, 0.6) is 11.5 Å². The van der Waals surface area contributed by atoms with Crippen LogP contribution in [0, 0.1) is 13.8 Å². The maximum absolute atomic E-state index is 11.8. The molecule has 0 aliphatic carbocycles. The number of ether oxygens (including phenoxy) is 1. The highest BCUT2D eigenvalue weighted by Crippen LogP contribution is 2.20. The minimum absolute atomic E-state index is 0.0286. The Morgan fingerprint density at radius 1 is 1.26 bits per heavy atom. The van der Waals surface area contributed by atoms with Crippen LogP contribution in [0.4, 0.5) is 5.82 Å². The van der Waals surface area contributed by atoms with E-state index >= 15 is 0 Å². The number of hydrogen-bond acceptors (Lipinski definition) is 4. The lowest BCUT2D eigenvalue weighted by atomic mass is 10.1. The number of anilines is 1. The van der Waals surface area contributed by atoms with Crippen molar-refractivity contribution in [3.63, 3.8) is 0 Å². The Morgan fingerprint density at radius 2 is 2.09 bits per heavy atom. The lowest BCUT2D eigenvalue weighted by Crippen LogP contribution is -2.12. The molecule has 1 amide bonds. The van der Waals surface area contributed by atoms with Gasteiger partial charge in [0.1, 0.15) is 5.75 Å². The molecule has 0 fully saturated rings. The molecule has 0 aliphatic heterocycles. The van der Waals surface area contributed by atoms with Crippen LogP contribution >= 0.6 is 0 Å².